The van der Waals surface area contributed by atoms with Gasteiger partial charge >= 0.3 is 0 Å². The van der Waals surface area contributed by atoms with E-state index < -0.39 is 0 Å². The lowest BCUT2D eigenvalue weighted by atomic mass is 9.50. The summed E-state index contributed by atoms with van der Waals surface area (Å²) in [5.41, 5.74) is 3.82. The summed E-state index contributed by atoms with van der Waals surface area (Å²) in [5, 5.41) is 0. The van der Waals surface area contributed by atoms with Crippen LogP contribution in [0, 0.1) is 17.8 Å². The van der Waals surface area contributed by atoms with Crippen molar-refractivity contribution in [2.24, 2.45) is 17.8 Å². The molecule has 6 heteroatoms. The molecule has 0 radical (unpaired) electrons. The van der Waals surface area contributed by atoms with E-state index in [1.807, 2.05) is 6.07 Å². The Hall–Kier alpha value is -2.05. The zero-order chi connectivity index (χ0) is 20.4. The maximum Gasteiger partial charge on any atom is 0.229 e. The van der Waals surface area contributed by atoms with E-state index in [1.54, 1.807) is 19.8 Å². The van der Waals surface area contributed by atoms with Crippen molar-refractivity contribution < 1.29 is 19.0 Å². The summed E-state index contributed by atoms with van der Waals surface area (Å²) in [5.74, 6) is 3.06. The number of methoxy groups -OCH3 is 2. The number of fused-ring (bicyclic) bond motifs is 2. The molecule has 1 aliphatic carbocycles. The summed E-state index contributed by atoms with van der Waals surface area (Å²) in [4.78, 5) is 18.4. The highest BCUT2D eigenvalue weighted by Crippen LogP contribution is 2.67. The van der Waals surface area contributed by atoms with E-state index in [0.29, 0.717) is 42.6 Å². The molecule has 30 heavy (non-hydrogen) atoms. The van der Waals surface area contributed by atoms with Crippen LogP contribution in [0.15, 0.2) is 23.8 Å². The van der Waals surface area contributed by atoms with Gasteiger partial charge in [-0.15, -0.1) is 0 Å². The first-order valence-electron chi connectivity index (χ1n) is 11.2. The van der Waals surface area contributed by atoms with Gasteiger partial charge in [-0.3, -0.25) is 9.69 Å². The summed E-state index contributed by atoms with van der Waals surface area (Å²) in [7, 11) is 3.36. The molecule has 6 aliphatic rings. The van der Waals surface area contributed by atoms with Crippen molar-refractivity contribution in [3.8, 4) is 11.5 Å². The molecule has 1 aromatic rings. The Balaban J connectivity index is 1.54. The molecule has 5 heterocycles. The maximum absolute atomic E-state index is 13.5. The van der Waals surface area contributed by atoms with E-state index in [1.165, 1.54) is 5.56 Å². The van der Waals surface area contributed by atoms with Crippen molar-refractivity contribution in [1.82, 2.24) is 4.90 Å². The van der Waals surface area contributed by atoms with Gasteiger partial charge in [0.15, 0.2) is 11.5 Å². The predicted molar refractivity (Wildman–Crippen MR) is 111 cm³/mol. The highest BCUT2D eigenvalue weighted by molar-refractivity contribution is 5.99. The molecule has 0 aromatic heterocycles. The molecule has 3 saturated heterocycles. The van der Waals surface area contributed by atoms with Gasteiger partial charge in [-0.2, -0.15) is 0 Å². The largest absolute Gasteiger partial charge is 0.493 e. The van der Waals surface area contributed by atoms with Gasteiger partial charge in [0, 0.05) is 30.0 Å². The molecule has 0 N–H and O–H groups in total. The first-order valence-corrected chi connectivity index (χ1v) is 11.2. The summed E-state index contributed by atoms with van der Waals surface area (Å²) in [6, 6.07) is 4.83. The van der Waals surface area contributed by atoms with Gasteiger partial charge in [-0.1, -0.05) is 18.6 Å². The van der Waals surface area contributed by atoms with Crippen molar-refractivity contribution in [3.05, 3.63) is 29.3 Å². The van der Waals surface area contributed by atoms with Gasteiger partial charge in [-0.05, 0) is 36.4 Å². The number of anilines is 1. The Bertz CT molecular complexity index is 1010. The molecule has 7 atom stereocenters. The lowest BCUT2D eigenvalue weighted by Gasteiger charge is -2.61. The Morgan fingerprint density at radius 1 is 1.17 bits per heavy atom. The average molecular weight is 408 g/mol. The third-order valence-corrected chi connectivity index (χ3v) is 9.19. The van der Waals surface area contributed by atoms with Gasteiger partial charge < -0.3 is 19.1 Å². The molecule has 158 valence electrons. The van der Waals surface area contributed by atoms with Crippen LogP contribution in [0.25, 0.3) is 0 Å². The summed E-state index contributed by atoms with van der Waals surface area (Å²) in [6.07, 6.45) is 3.90. The zero-order valence-corrected chi connectivity index (χ0v) is 17.8. The minimum atomic E-state index is -0.0526. The van der Waals surface area contributed by atoms with Gasteiger partial charge in [0.2, 0.25) is 5.91 Å². The van der Waals surface area contributed by atoms with E-state index in [-0.39, 0.29) is 23.5 Å². The second-order valence-electron chi connectivity index (χ2n) is 9.96. The minimum Gasteiger partial charge on any atom is -0.493 e. The maximum atomic E-state index is 13.5. The van der Waals surface area contributed by atoms with Crippen LogP contribution >= 0.6 is 0 Å². The Morgan fingerprint density at radius 2 is 1.97 bits per heavy atom. The second-order valence-corrected chi connectivity index (χ2v) is 9.96. The number of carbonyl (C=O) groups is 1. The van der Waals surface area contributed by atoms with Crippen LogP contribution in [0.4, 0.5) is 5.69 Å². The number of rotatable bonds is 2. The standard InChI is InChI=1S/C24H28N2O4/c1-12-20-13-4-7-30-18-10-19(27)26-15-9-17(29-3)16(28-2)8-14(15)24(23(26)21(18)20)5-6-25(11-13)22(12)24/h4,8-9,12,18,20-23H,5-7,10-11H2,1-3H3/t12?,18-,20-,21+,22-,23-,24+/m0/s1. The van der Waals surface area contributed by atoms with Crippen LogP contribution < -0.4 is 14.4 Å². The molecule has 1 spiro atoms. The number of piperidine rings is 2. The fraction of sp³-hybridized carbons (Fsp3) is 0.625. The molecule has 1 amide bonds. The molecule has 2 bridgehead atoms. The lowest BCUT2D eigenvalue weighted by molar-refractivity contribution is -0.135. The van der Waals surface area contributed by atoms with Gasteiger partial charge in [0.1, 0.15) is 0 Å². The van der Waals surface area contributed by atoms with Crippen LogP contribution in [0.5, 0.6) is 11.5 Å². The first kappa shape index (κ1) is 17.6. The van der Waals surface area contributed by atoms with E-state index >= 15 is 0 Å². The number of ether oxygens (including phenoxy) is 3. The molecule has 1 unspecified atom stereocenters. The van der Waals surface area contributed by atoms with Gasteiger partial charge in [0.05, 0.1) is 45.1 Å². The fourth-order valence-electron chi connectivity index (χ4n) is 8.48. The molecular weight excluding hydrogens is 380 g/mol. The Morgan fingerprint density at radius 3 is 2.77 bits per heavy atom. The summed E-state index contributed by atoms with van der Waals surface area (Å²) < 4.78 is 17.7. The van der Waals surface area contributed by atoms with Gasteiger partial charge in [0.25, 0.3) is 0 Å². The third kappa shape index (κ3) is 1.75. The van der Waals surface area contributed by atoms with Crippen molar-refractivity contribution in [2.45, 2.75) is 43.4 Å². The molecule has 7 rings (SSSR count). The SMILES string of the molecule is COc1cc2c(cc1OC)[C@@]13CCN4CC5=CCO[C@H]6CC(=O)N2[C@H]1[C@H]6[C@H]5C(C)[C@H]43. The van der Waals surface area contributed by atoms with Crippen LogP contribution in [0.1, 0.15) is 25.3 Å². The molecular formula is C24H28N2O4. The van der Waals surface area contributed by atoms with Crippen molar-refractivity contribution in [1.29, 1.82) is 0 Å². The molecule has 4 fully saturated rings. The molecule has 6 nitrogen and oxygen atoms in total. The highest BCUT2D eigenvalue weighted by atomic mass is 16.5. The minimum absolute atomic E-state index is 0.0167. The predicted octanol–water partition coefficient (Wildman–Crippen LogP) is 2.36. The highest BCUT2D eigenvalue weighted by Gasteiger charge is 2.73. The van der Waals surface area contributed by atoms with Crippen molar-refractivity contribution in [3.63, 3.8) is 0 Å². The van der Waals surface area contributed by atoms with Crippen molar-refractivity contribution >= 4 is 11.6 Å². The fourth-order valence-corrected chi connectivity index (χ4v) is 8.48. The van der Waals surface area contributed by atoms with E-state index in [0.717, 1.165) is 30.9 Å². The lowest BCUT2D eigenvalue weighted by Crippen LogP contribution is -2.71. The summed E-state index contributed by atoms with van der Waals surface area (Å²) >= 11 is 0. The molecule has 5 aliphatic heterocycles. The quantitative estimate of drug-likeness (QED) is 0.704. The van der Waals surface area contributed by atoms with Gasteiger partial charge in [-0.25, -0.2) is 0 Å². The number of amides is 1. The Labute approximate surface area is 176 Å². The Kier molecular flexibility index (Phi) is 3.29. The van der Waals surface area contributed by atoms with Crippen LogP contribution in [-0.4, -0.2) is 62.9 Å². The number of benzene rings is 1. The first-order chi connectivity index (χ1) is 14.6. The average Bonchev–Trinajstić information content (AvgIpc) is 3.20. The number of hydrogen-bond donors (Lipinski definition) is 0. The van der Waals surface area contributed by atoms with E-state index in [4.69, 9.17) is 14.2 Å². The zero-order valence-electron chi connectivity index (χ0n) is 17.8. The number of carbonyl (C=O) groups excluding carboxylic acids is 1. The monoisotopic (exact) mass is 408 g/mol. The topological polar surface area (TPSA) is 51.2 Å². The van der Waals surface area contributed by atoms with Crippen LogP contribution in [0.2, 0.25) is 0 Å². The second kappa shape index (κ2) is 5.60. The van der Waals surface area contributed by atoms with E-state index in [2.05, 4.69) is 28.9 Å². The number of nitrogens with zero attached hydrogens (tertiary/aromatic N) is 2. The molecule has 1 aromatic carbocycles. The van der Waals surface area contributed by atoms with Crippen LogP contribution in [0.3, 0.4) is 0 Å². The van der Waals surface area contributed by atoms with E-state index in [9.17, 15) is 4.79 Å². The number of hydrogen-bond acceptors (Lipinski definition) is 5. The smallest absolute Gasteiger partial charge is 0.229 e. The normalized spacial score (nSPS) is 42.6. The summed E-state index contributed by atoms with van der Waals surface area (Å²) in [6.45, 7) is 5.22. The third-order valence-electron chi connectivity index (χ3n) is 9.19. The van der Waals surface area contributed by atoms with Crippen molar-refractivity contribution in [2.75, 3.05) is 38.8 Å². The van der Waals surface area contributed by atoms with Crippen LogP contribution in [-0.2, 0) is 14.9 Å². The molecule has 1 saturated carbocycles.